The third-order valence-electron chi connectivity index (χ3n) is 7.11. The Morgan fingerprint density at radius 3 is 2.69 bits per heavy atom. The number of aryl methyl sites for hydroxylation is 1. The zero-order valence-corrected chi connectivity index (χ0v) is 21.6. The van der Waals surface area contributed by atoms with Crippen molar-refractivity contribution in [3.8, 4) is 22.6 Å². The van der Waals surface area contributed by atoms with Gasteiger partial charge in [0, 0.05) is 18.9 Å². The first-order valence-electron chi connectivity index (χ1n) is 13.1. The number of nitrogens with zero attached hydrogens (tertiary/aromatic N) is 4. The molecule has 0 amide bonds. The predicted octanol–water partition coefficient (Wildman–Crippen LogP) is 6.71. The van der Waals surface area contributed by atoms with E-state index in [9.17, 15) is 0 Å². The number of ether oxygens (including phenoxy) is 2. The van der Waals surface area contributed by atoms with Crippen LogP contribution < -0.4 is 14.4 Å². The third kappa shape index (κ3) is 4.63. The molecule has 1 aliphatic heterocycles. The molecule has 7 heteroatoms. The lowest BCUT2D eigenvalue weighted by atomic mass is 10.0. The molecule has 0 bridgehead atoms. The molecule has 3 heterocycles. The first-order valence-corrected chi connectivity index (χ1v) is 13.1. The van der Waals surface area contributed by atoms with Gasteiger partial charge in [-0.3, -0.25) is 0 Å². The lowest BCUT2D eigenvalue weighted by molar-refractivity contribution is 0.306. The normalized spacial score (nSPS) is 13.2. The molecule has 0 unspecified atom stereocenters. The number of fused-ring (bicyclic) bond motifs is 3. The molecule has 1 N–H and O–H groups in total. The molecular weight excluding hydrogens is 486 g/mol. The van der Waals surface area contributed by atoms with Crippen molar-refractivity contribution in [3.05, 3.63) is 108 Å². The second kappa shape index (κ2) is 9.76. The second-order valence-electron chi connectivity index (χ2n) is 9.80. The lowest BCUT2D eigenvalue weighted by Crippen LogP contribution is -2.26. The molecule has 4 aromatic carbocycles. The van der Waals surface area contributed by atoms with Gasteiger partial charge >= 0.3 is 0 Å². The zero-order valence-electron chi connectivity index (χ0n) is 21.6. The van der Waals surface area contributed by atoms with Gasteiger partial charge in [-0.2, -0.15) is 0 Å². The monoisotopic (exact) mass is 515 g/mol. The van der Waals surface area contributed by atoms with Crippen molar-refractivity contribution in [1.29, 1.82) is 0 Å². The van der Waals surface area contributed by atoms with Crippen LogP contribution in [0.4, 0.5) is 5.82 Å². The van der Waals surface area contributed by atoms with E-state index in [0.717, 1.165) is 67.3 Å². The van der Waals surface area contributed by atoms with Crippen molar-refractivity contribution in [2.24, 2.45) is 0 Å². The Balaban J connectivity index is 0.00000289. The van der Waals surface area contributed by atoms with Gasteiger partial charge in [0.05, 0.1) is 23.1 Å². The minimum absolute atomic E-state index is 0. The fourth-order valence-electron chi connectivity index (χ4n) is 5.18. The summed E-state index contributed by atoms with van der Waals surface area (Å²) in [5.41, 5.74) is 7.42. The molecule has 0 saturated heterocycles. The summed E-state index contributed by atoms with van der Waals surface area (Å²) in [6.07, 6.45) is 1.63. The Morgan fingerprint density at radius 2 is 1.77 bits per heavy atom. The van der Waals surface area contributed by atoms with Crippen LogP contribution in [0.5, 0.6) is 11.5 Å². The molecule has 7 rings (SSSR count). The van der Waals surface area contributed by atoms with Crippen molar-refractivity contribution in [1.82, 2.24) is 19.9 Å². The van der Waals surface area contributed by atoms with Crippen molar-refractivity contribution >= 4 is 27.8 Å². The average molecular weight is 516 g/mol. The maximum absolute atomic E-state index is 6.16. The number of hydrogen-bond acceptors (Lipinski definition) is 6. The lowest BCUT2D eigenvalue weighted by Gasteiger charge is -2.22. The molecule has 0 radical (unpaired) electrons. The summed E-state index contributed by atoms with van der Waals surface area (Å²) < 4.78 is 12.3. The van der Waals surface area contributed by atoms with E-state index in [1.165, 1.54) is 0 Å². The maximum Gasteiger partial charge on any atom is 0.140 e. The van der Waals surface area contributed by atoms with Crippen molar-refractivity contribution in [2.75, 3.05) is 18.1 Å². The van der Waals surface area contributed by atoms with Crippen molar-refractivity contribution < 1.29 is 10.9 Å². The average Bonchev–Trinajstić information content (AvgIpc) is 3.22. The number of imidazole rings is 1. The number of nitrogens with one attached hydrogen (secondary N) is 1. The largest absolute Gasteiger partial charge is 0.491 e. The number of benzene rings is 4. The van der Waals surface area contributed by atoms with E-state index in [2.05, 4.69) is 68.4 Å². The van der Waals surface area contributed by atoms with Crippen LogP contribution in [0.15, 0.2) is 91.3 Å². The molecule has 0 aliphatic carbocycles. The van der Waals surface area contributed by atoms with E-state index in [1.807, 2.05) is 43.3 Å². The molecule has 7 nitrogen and oxygen atoms in total. The van der Waals surface area contributed by atoms with Crippen LogP contribution in [0.3, 0.4) is 0 Å². The fraction of sp³-hybridized carbons (Fsp3) is 0.156. The zero-order chi connectivity index (χ0) is 26.2. The highest BCUT2D eigenvalue weighted by atomic mass is 16.5. The Kier molecular flexibility index (Phi) is 5.81. The number of hydrogen-bond donors (Lipinski definition) is 1. The summed E-state index contributed by atoms with van der Waals surface area (Å²) in [5, 5.41) is 0.961. The van der Waals surface area contributed by atoms with Crippen LogP contribution >= 0.6 is 0 Å². The van der Waals surface area contributed by atoms with E-state index in [1.54, 1.807) is 6.33 Å². The Labute approximate surface area is 227 Å². The highest BCUT2D eigenvalue weighted by Gasteiger charge is 2.20. The van der Waals surface area contributed by atoms with Gasteiger partial charge < -0.3 is 19.4 Å². The highest BCUT2D eigenvalue weighted by molar-refractivity contribution is 5.90. The summed E-state index contributed by atoms with van der Waals surface area (Å²) in [6, 6.07) is 28.9. The van der Waals surface area contributed by atoms with Gasteiger partial charge in [0.1, 0.15) is 42.7 Å². The van der Waals surface area contributed by atoms with E-state index in [4.69, 9.17) is 14.5 Å². The number of aromatic amines is 1. The molecule has 2 aromatic heterocycles. The predicted molar refractivity (Wildman–Crippen MR) is 155 cm³/mol. The first kappa shape index (κ1) is 23.2. The van der Waals surface area contributed by atoms with Crippen LogP contribution in [-0.2, 0) is 13.2 Å². The molecule has 1 aliphatic rings. The summed E-state index contributed by atoms with van der Waals surface area (Å²) in [4.78, 5) is 19.4. The van der Waals surface area contributed by atoms with Crippen LogP contribution in [0, 0.1) is 6.92 Å². The number of anilines is 1. The quantitative estimate of drug-likeness (QED) is 0.275. The highest BCUT2D eigenvalue weighted by Crippen LogP contribution is 2.34. The minimum atomic E-state index is 0. The number of aromatic nitrogens is 4. The summed E-state index contributed by atoms with van der Waals surface area (Å²) in [7, 11) is 0. The SMILES string of the molecule is Cc1nc2ccc(-c3ccc4c(c3)CN(c3ncnc5ccc(OCc6ccccc6)cc35)CCO4)cc2[nH]1.[HH]. The molecule has 0 atom stereocenters. The van der Waals surface area contributed by atoms with Gasteiger partial charge in [-0.05, 0) is 66.1 Å². The van der Waals surface area contributed by atoms with Gasteiger partial charge in [-0.15, -0.1) is 0 Å². The molecule has 194 valence electrons. The van der Waals surface area contributed by atoms with Crippen LogP contribution in [0.25, 0.3) is 33.1 Å². The van der Waals surface area contributed by atoms with Crippen molar-refractivity contribution in [3.63, 3.8) is 0 Å². The molecule has 0 spiro atoms. The smallest absolute Gasteiger partial charge is 0.140 e. The fourth-order valence-corrected chi connectivity index (χ4v) is 5.18. The van der Waals surface area contributed by atoms with E-state index in [-0.39, 0.29) is 1.43 Å². The van der Waals surface area contributed by atoms with Crippen LogP contribution in [-0.4, -0.2) is 33.1 Å². The Bertz CT molecular complexity index is 1800. The minimum Gasteiger partial charge on any atom is -0.491 e. The Hall–Kier alpha value is -4.91. The van der Waals surface area contributed by atoms with Gasteiger partial charge in [-0.1, -0.05) is 42.5 Å². The molecular formula is C32H29N5O2. The van der Waals surface area contributed by atoms with Gasteiger partial charge in [0.15, 0.2) is 0 Å². The molecule has 6 aromatic rings. The topological polar surface area (TPSA) is 76.2 Å². The van der Waals surface area contributed by atoms with Gasteiger partial charge in [-0.25, -0.2) is 15.0 Å². The van der Waals surface area contributed by atoms with Crippen LogP contribution in [0.2, 0.25) is 0 Å². The van der Waals surface area contributed by atoms with E-state index < -0.39 is 0 Å². The molecule has 39 heavy (non-hydrogen) atoms. The van der Waals surface area contributed by atoms with Gasteiger partial charge in [0.2, 0.25) is 0 Å². The Morgan fingerprint density at radius 1 is 0.923 bits per heavy atom. The number of H-pyrrole nitrogens is 1. The second-order valence-corrected chi connectivity index (χ2v) is 9.80. The number of rotatable bonds is 5. The third-order valence-corrected chi connectivity index (χ3v) is 7.11. The van der Waals surface area contributed by atoms with Crippen LogP contribution in [0.1, 0.15) is 18.4 Å². The van der Waals surface area contributed by atoms with E-state index >= 15 is 0 Å². The summed E-state index contributed by atoms with van der Waals surface area (Å²) in [5.74, 6) is 3.49. The van der Waals surface area contributed by atoms with Crippen molar-refractivity contribution in [2.45, 2.75) is 20.1 Å². The van der Waals surface area contributed by atoms with E-state index in [0.29, 0.717) is 26.3 Å². The maximum atomic E-state index is 6.16. The first-order chi connectivity index (χ1) is 19.2. The van der Waals surface area contributed by atoms with Gasteiger partial charge in [0.25, 0.3) is 0 Å². The summed E-state index contributed by atoms with van der Waals surface area (Å²) in [6.45, 7) is 4.44. The summed E-state index contributed by atoms with van der Waals surface area (Å²) >= 11 is 0. The standard InChI is InChI=1S/C32H27N5O2.H2/c1-21-35-29-10-7-24(16-30(29)36-21)23-8-12-31-25(15-23)18-37(13-14-38-31)32-27-17-26(9-11-28(27)33-20-34-32)39-19-22-5-3-2-4-6-22;/h2-12,15-17,20H,13-14,18-19H2,1H3,(H,35,36);1H. The molecule has 0 saturated carbocycles. The molecule has 0 fully saturated rings.